The fourth-order valence-electron chi connectivity index (χ4n) is 4.80. The van der Waals surface area contributed by atoms with Gasteiger partial charge in [0.1, 0.15) is 5.82 Å². The minimum Gasteiger partial charge on any atom is -0.318 e. The Bertz CT molecular complexity index is 1220. The molecular weight excluding hydrogens is 360 g/mol. The van der Waals surface area contributed by atoms with Gasteiger partial charge in [-0.25, -0.2) is 0 Å². The van der Waals surface area contributed by atoms with Crippen LogP contribution in [0.25, 0.3) is 16.8 Å². The monoisotopic (exact) mass is 384 g/mol. The van der Waals surface area contributed by atoms with E-state index >= 15 is 0 Å². The number of hydrogen-bond donors (Lipinski definition) is 0. The summed E-state index contributed by atoms with van der Waals surface area (Å²) in [6.45, 7) is 1.86. The Labute approximate surface area is 169 Å². The van der Waals surface area contributed by atoms with Gasteiger partial charge in [-0.15, -0.1) is 10.2 Å². The molecule has 3 heterocycles. The molecule has 0 N–H and O–H groups in total. The first-order valence-corrected chi connectivity index (χ1v) is 10.2. The molecule has 146 valence electrons. The van der Waals surface area contributed by atoms with Gasteiger partial charge in [0.15, 0.2) is 5.65 Å². The zero-order chi connectivity index (χ0) is 20.0. The summed E-state index contributed by atoms with van der Waals surface area (Å²) in [5.41, 5.74) is 4.92. The van der Waals surface area contributed by atoms with Crippen molar-refractivity contribution in [1.82, 2.24) is 19.2 Å². The molecule has 0 bridgehead atoms. The van der Waals surface area contributed by atoms with Gasteiger partial charge >= 0.3 is 0 Å². The van der Waals surface area contributed by atoms with Crippen LogP contribution >= 0.6 is 0 Å². The largest absolute Gasteiger partial charge is 0.318 e. The summed E-state index contributed by atoms with van der Waals surface area (Å²) in [7, 11) is 1.80. The maximum absolute atomic E-state index is 12.1. The molecule has 3 aromatic heterocycles. The first kappa shape index (κ1) is 17.9. The van der Waals surface area contributed by atoms with E-state index in [4.69, 9.17) is 0 Å². The number of nitrogens with zero attached hydrogens (tertiary/aromatic N) is 4. The van der Waals surface area contributed by atoms with Crippen LogP contribution in [0.4, 0.5) is 0 Å². The highest BCUT2D eigenvalue weighted by Crippen LogP contribution is 2.45. The van der Waals surface area contributed by atoms with E-state index in [1.807, 2.05) is 25.3 Å². The first-order chi connectivity index (χ1) is 14.1. The van der Waals surface area contributed by atoms with Crippen LogP contribution in [0.5, 0.6) is 0 Å². The zero-order valence-electron chi connectivity index (χ0n) is 16.8. The minimum absolute atomic E-state index is 0.0359. The van der Waals surface area contributed by atoms with E-state index in [1.54, 1.807) is 11.6 Å². The van der Waals surface area contributed by atoms with Crippen molar-refractivity contribution in [2.24, 2.45) is 7.05 Å². The Morgan fingerprint density at radius 1 is 0.931 bits per heavy atom. The molecular formula is C24H24N4O. The molecule has 1 aliphatic carbocycles. The molecule has 1 saturated carbocycles. The summed E-state index contributed by atoms with van der Waals surface area (Å²) >= 11 is 0. The van der Waals surface area contributed by atoms with Crippen LogP contribution in [0, 0.1) is 6.92 Å². The van der Waals surface area contributed by atoms with E-state index in [0.29, 0.717) is 0 Å². The number of hydrogen-bond acceptors (Lipinski definition) is 3. The minimum atomic E-state index is -0.0985. The van der Waals surface area contributed by atoms with Crippen LogP contribution in [0.15, 0.2) is 65.7 Å². The quantitative estimate of drug-likeness (QED) is 0.530. The fraction of sp³-hybridized carbons (Fsp3) is 0.292. The van der Waals surface area contributed by atoms with Gasteiger partial charge in [-0.3, -0.25) is 9.20 Å². The van der Waals surface area contributed by atoms with Crippen LogP contribution in [0.1, 0.15) is 42.6 Å². The van der Waals surface area contributed by atoms with E-state index in [1.165, 1.54) is 18.4 Å². The summed E-state index contributed by atoms with van der Waals surface area (Å²) in [4.78, 5) is 12.1. The topological polar surface area (TPSA) is 52.2 Å². The second kappa shape index (κ2) is 6.69. The highest BCUT2D eigenvalue weighted by atomic mass is 16.1. The van der Waals surface area contributed by atoms with Crippen molar-refractivity contribution in [3.05, 3.63) is 88.2 Å². The molecule has 1 aromatic carbocycles. The highest BCUT2D eigenvalue weighted by Gasteiger charge is 2.41. The van der Waals surface area contributed by atoms with E-state index in [-0.39, 0.29) is 11.0 Å². The molecule has 5 nitrogen and oxygen atoms in total. The molecule has 0 radical (unpaired) electrons. The molecule has 0 aliphatic heterocycles. The van der Waals surface area contributed by atoms with Gasteiger partial charge in [-0.2, -0.15) is 0 Å². The van der Waals surface area contributed by atoms with Crippen molar-refractivity contribution in [3.63, 3.8) is 0 Å². The van der Waals surface area contributed by atoms with Crippen LogP contribution in [0.3, 0.4) is 0 Å². The predicted molar refractivity (Wildman–Crippen MR) is 114 cm³/mol. The molecule has 0 saturated heterocycles. The van der Waals surface area contributed by atoms with Crippen LogP contribution in [-0.2, 0) is 12.5 Å². The molecule has 1 aliphatic rings. The van der Waals surface area contributed by atoms with Gasteiger partial charge in [0.25, 0.3) is 5.56 Å². The average molecular weight is 384 g/mol. The Hall–Kier alpha value is -3.21. The number of aryl methyl sites for hydroxylation is 2. The normalized spacial score (nSPS) is 15.8. The molecule has 29 heavy (non-hydrogen) atoms. The number of aromatic nitrogens is 4. The van der Waals surface area contributed by atoms with Crippen LogP contribution in [0.2, 0.25) is 0 Å². The van der Waals surface area contributed by atoms with Gasteiger partial charge in [-0.1, -0.05) is 43.2 Å². The number of rotatable bonds is 3. The second-order valence-corrected chi connectivity index (χ2v) is 8.15. The van der Waals surface area contributed by atoms with Gasteiger partial charge < -0.3 is 4.57 Å². The van der Waals surface area contributed by atoms with Crippen molar-refractivity contribution in [1.29, 1.82) is 0 Å². The smallest absolute Gasteiger partial charge is 0.253 e. The molecule has 0 unspecified atom stereocenters. The van der Waals surface area contributed by atoms with E-state index in [9.17, 15) is 4.79 Å². The van der Waals surface area contributed by atoms with Gasteiger partial charge in [0, 0.05) is 25.0 Å². The van der Waals surface area contributed by atoms with E-state index in [2.05, 4.69) is 57.2 Å². The molecule has 5 heteroatoms. The summed E-state index contributed by atoms with van der Waals surface area (Å²) < 4.78 is 3.79. The average Bonchev–Trinajstić information content (AvgIpc) is 3.39. The summed E-state index contributed by atoms with van der Waals surface area (Å²) in [6, 6.07) is 16.7. The number of benzene rings is 1. The lowest BCUT2D eigenvalue weighted by Crippen LogP contribution is -2.26. The predicted octanol–water partition coefficient (Wildman–Crippen LogP) is 4.26. The van der Waals surface area contributed by atoms with Gasteiger partial charge in [0.05, 0.1) is 5.41 Å². The third-order valence-electron chi connectivity index (χ3n) is 6.31. The SMILES string of the molecule is Cc1cc(-c2ccc3nnc(C4(c5ccccc5)CCCC4)n3c2)cn(C)c1=O. The van der Waals surface area contributed by atoms with Gasteiger partial charge in [0.2, 0.25) is 0 Å². The lowest BCUT2D eigenvalue weighted by atomic mass is 9.78. The van der Waals surface area contributed by atoms with Crippen LogP contribution < -0.4 is 5.56 Å². The van der Waals surface area contributed by atoms with Crippen molar-refractivity contribution in [3.8, 4) is 11.1 Å². The number of fused-ring (bicyclic) bond motifs is 1. The maximum Gasteiger partial charge on any atom is 0.253 e. The fourth-order valence-corrected chi connectivity index (χ4v) is 4.80. The third kappa shape index (κ3) is 2.80. The zero-order valence-corrected chi connectivity index (χ0v) is 16.8. The van der Waals surface area contributed by atoms with Gasteiger partial charge in [-0.05, 0) is 54.7 Å². The highest BCUT2D eigenvalue weighted by molar-refractivity contribution is 5.64. The van der Waals surface area contributed by atoms with E-state index < -0.39 is 0 Å². The maximum atomic E-state index is 12.1. The Balaban J connectivity index is 1.70. The molecule has 1 fully saturated rings. The Kier molecular flexibility index (Phi) is 4.12. The standard InChI is InChI=1S/C24H24N4O/c1-17-14-19(15-27(2)22(17)29)18-10-11-21-25-26-23(28(21)16-18)24(12-6-7-13-24)20-8-4-3-5-9-20/h3-5,8-11,14-16H,6-7,12-13H2,1-2H3. The van der Waals surface area contributed by atoms with Crippen molar-refractivity contribution < 1.29 is 0 Å². The molecule has 5 rings (SSSR count). The Morgan fingerprint density at radius 3 is 2.41 bits per heavy atom. The van der Waals surface area contributed by atoms with Crippen molar-refractivity contribution in [2.75, 3.05) is 0 Å². The molecule has 0 atom stereocenters. The summed E-state index contributed by atoms with van der Waals surface area (Å²) in [5, 5.41) is 9.14. The molecule has 4 aromatic rings. The first-order valence-electron chi connectivity index (χ1n) is 10.2. The van der Waals surface area contributed by atoms with Crippen molar-refractivity contribution in [2.45, 2.75) is 38.0 Å². The third-order valence-corrected chi connectivity index (χ3v) is 6.31. The lowest BCUT2D eigenvalue weighted by molar-refractivity contribution is 0.494. The van der Waals surface area contributed by atoms with Crippen LogP contribution in [-0.4, -0.2) is 19.2 Å². The molecule has 0 amide bonds. The lowest BCUT2D eigenvalue weighted by Gasteiger charge is -2.28. The second-order valence-electron chi connectivity index (χ2n) is 8.15. The van der Waals surface area contributed by atoms with E-state index in [0.717, 1.165) is 41.0 Å². The number of pyridine rings is 2. The summed E-state index contributed by atoms with van der Waals surface area (Å²) in [6.07, 6.45) is 8.57. The summed E-state index contributed by atoms with van der Waals surface area (Å²) in [5.74, 6) is 1.01. The van der Waals surface area contributed by atoms with Crippen molar-refractivity contribution >= 4 is 5.65 Å². The Morgan fingerprint density at radius 2 is 1.69 bits per heavy atom. The molecule has 0 spiro atoms.